The van der Waals surface area contributed by atoms with Gasteiger partial charge in [-0.25, -0.2) is 22.6 Å². The van der Waals surface area contributed by atoms with Gasteiger partial charge in [0.25, 0.3) is 17.7 Å². The Bertz CT molecular complexity index is 2540. The number of esters is 1. The third-order valence-corrected chi connectivity index (χ3v) is 13.2. The van der Waals surface area contributed by atoms with Gasteiger partial charge in [-0.1, -0.05) is 30.0 Å². The highest BCUT2D eigenvalue weighted by atomic mass is 32.2. The predicted octanol–water partition coefficient (Wildman–Crippen LogP) is 4.99. The van der Waals surface area contributed by atoms with Crippen LogP contribution in [0.4, 0.5) is 29.3 Å². The molecule has 2 saturated heterocycles. The van der Waals surface area contributed by atoms with E-state index in [4.69, 9.17) is 22.4 Å². The zero-order valence-electron chi connectivity index (χ0n) is 32.8. The minimum Gasteiger partial charge on any atom is -0.741 e. The van der Waals surface area contributed by atoms with Gasteiger partial charge in [-0.15, -0.1) is 0 Å². The van der Waals surface area contributed by atoms with Crippen molar-refractivity contribution in [3.8, 4) is 0 Å². The smallest absolute Gasteiger partial charge is 0.485 e. The van der Waals surface area contributed by atoms with Gasteiger partial charge >= 0.3 is 17.6 Å². The molecule has 0 aliphatic carbocycles. The van der Waals surface area contributed by atoms with Crippen molar-refractivity contribution >= 4 is 73.0 Å². The van der Waals surface area contributed by atoms with Gasteiger partial charge in [0.2, 0.25) is 15.8 Å². The summed E-state index contributed by atoms with van der Waals surface area (Å²) in [5, 5.41) is 33.4. The topological polar surface area (TPSA) is 248 Å². The van der Waals surface area contributed by atoms with Crippen molar-refractivity contribution in [2.75, 3.05) is 12.8 Å². The van der Waals surface area contributed by atoms with Gasteiger partial charge in [0.05, 0.1) is 38.8 Å². The van der Waals surface area contributed by atoms with Crippen LogP contribution in [0.5, 0.6) is 0 Å². The van der Waals surface area contributed by atoms with Crippen molar-refractivity contribution in [2.24, 2.45) is 11.8 Å². The minimum absolute atomic E-state index is 0.00329. The lowest BCUT2D eigenvalue weighted by molar-refractivity contribution is -0.733. The number of carbonyl (C=O) groups excluding carboxylic acids is 3. The fourth-order valence-corrected chi connectivity index (χ4v) is 9.83. The number of hydrogen-bond donors (Lipinski definition) is 1. The fourth-order valence-electron chi connectivity index (χ4n) is 7.64. The number of benzene rings is 2. The Balaban J connectivity index is 0.000000730. The van der Waals surface area contributed by atoms with E-state index in [0.717, 1.165) is 27.6 Å². The molecule has 3 aliphatic heterocycles. The summed E-state index contributed by atoms with van der Waals surface area (Å²) in [6, 6.07) is 11.0. The second-order valence-corrected chi connectivity index (χ2v) is 17.7. The van der Waals surface area contributed by atoms with Crippen LogP contribution in [0.2, 0.25) is 0 Å². The van der Waals surface area contributed by atoms with Crippen LogP contribution in [0.1, 0.15) is 42.7 Å². The average molecular weight is 927 g/mol. The molecular formula is C37H37F3N6O13S3. The number of nitro groups is 2. The number of alkyl halides is 3. The number of hydrogen-bond acceptors (Lipinski definition) is 15. The highest BCUT2D eigenvalue weighted by Gasteiger charge is 2.60. The number of aliphatic hydroxyl groups excluding tert-OH is 1. The minimum atomic E-state index is -6.09. The first-order valence-electron chi connectivity index (χ1n) is 18.6. The van der Waals surface area contributed by atoms with Gasteiger partial charge in [0.1, 0.15) is 31.7 Å². The number of thiazole rings is 1. The molecule has 25 heteroatoms. The van der Waals surface area contributed by atoms with E-state index in [-0.39, 0.29) is 48.2 Å². The molecule has 0 spiro atoms. The summed E-state index contributed by atoms with van der Waals surface area (Å²) >= 11 is 3.02. The maximum Gasteiger partial charge on any atom is 0.485 e. The first-order valence-corrected chi connectivity index (χ1v) is 22.0. The monoisotopic (exact) mass is 926 g/mol. The summed E-state index contributed by atoms with van der Waals surface area (Å²) in [5.74, 6) is -2.01. The molecule has 0 saturated carbocycles. The number of fused-ring (bicyclic) bond motifs is 2. The Morgan fingerprint density at radius 2 is 1.58 bits per heavy atom. The number of imidazole rings is 1. The average Bonchev–Trinajstić information content (AvgIpc) is 3.96. The Morgan fingerprint density at radius 1 is 1.03 bits per heavy atom. The zero-order valence-corrected chi connectivity index (χ0v) is 35.2. The number of aromatic nitrogens is 2. The van der Waals surface area contributed by atoms with Crippen LogP contribution in [-0.4, -0.2) is 96.6 Å². The Morgan fingerprint density at radius 3 is 2.08 bits per heavy atom. The van der Waals surface area contributed by atoms with Gasteiger partial charge in [-0.2, -0.15) is 17.6 Å². The lowest BCUT2D eigenvalue weighted by Gasteiger charge is -2.46. The number of amides is 2. The van der Waals surface area contributed by atoms with E-state index < -0.39 is 55.6 Å². The molecule has 0 unspecified atom stereocenters. The van der Waals surface area contributed by atoms with Crippen LogP contribution in [-0.2, 0) is 48.9 Å². The maximum atomic E-state index is 13.8. The molecule has 19 nitrogen and oxygen atoms in total. The van der Waals surface area contributed by atoms with Crippen molar-refractivity contribution in [2.45, 2.75) is 75.2 Å². The number of β-lactam (4-membered cyclic amide) rings is 1. The number of nitrogens with zero attached hydrogens (tertiary/aromatic N) is 6. The van der Waals surface area contributed by atoms with Crippen LogP contribution >= 0.6 is 23.1 Å². The quantitative estimate of drug-likeness (QED) is 0.0288. The van der Waals surface area contributed by atoms with Crippen LogP contribution in [0, 0.1) is 32.1 Å². The SMILES string of the molecule is CSc1c2sc(C3=C(C(=O)OCc4ccc([N+](=O)[O-])cc4)N4C(=O)[C@H]([C@@H](C)O)[C@H]4[C@H]3C)cn2c[n+]1C[C@H]1CCCN1C(=O)OCc1ccc([N+](=O)[O-])cc1.O=S(=O)([O-])C(F)(F)F. The molecule has 2 aromatic heterocycles. The number of aliphatic hydroxyl groups is 1. The number of non-ortho nitro benzene ring substituents is 2. The summed E-state index contributed by atoms with van der Waals surface area (Å²) in [5.41, 5.74) is -3.79. The van der Waals surface area contributed by atoms with E-state index in [1.54, 1.807) is 35.7 Å². The number of likely N-dealkylation sites (tertiary alicyclic amines) is 1. The number of halogens is 3. The lowest BCUT2D eigenvalue weighted by atomic mass is 9.77. The van der Waals surface area contributed by atoms with Gasteiger partial charge in [0.15, 0.2) is 10.1 Å². The van der Waals surface area contributed by atoms with Crippen molar-refractivity contribution in [3.05, 3.63) is 103 Å². The lowest BCUT2D eigenvalue weighted by Crippen LogP contribution is -2.63. The first kappa shape index (κ1) is 45.9. The van der Waals surface area contributed by atoms with E-state index in [1.165, 1.54) is 52.6 Å². The summed E-state index contributed by atoms with van der Waals surface area (Å²) in [6.07, 6.45) is 6.08. The van der Waals surface area contributed by atoms with E-state index in [9.17, 15) is 52.9 Å². The Kier molecular flexibility index (Phi) is 13.3. The van der Waals surface area contributed by atoms with E-state index in [2.05, 4.69) is 4.57 Å². The number of carbonyl (C=O) groups is 3. The molecule has 332 valence electrons. The Hall–Kier alpha value is -5.63. The van der Waals surface area contributed by atoms with E-state index in [0.29, 0.717) is 29.8 Å². The summed E-state index contributed by atoms with van der Waals surface area (Å²) < 4.78 is 74.2. The summed E-state index contributed by atoms with van der Waals surface area (Å²) in [4.78, 5) is 66.2. The van der Waals surface area contributed by atoms with Crippen LogP contribution in [0.3, 0.4) is 0 Å². The molecule has 2 amide bonds. The van der Waals surface area contributed by atoms with Gasteiger partial charge in [-0.05, 0) is 61.4 Å². The molecule has 7 rings (SSSR count). The van der Waals surface area contributed by atoms with Crippen LogP contribution in [0.25, 0.3) is 10.4 Å². The molecular weight excluding hydrogens is 890 g/mol. The number of ether oxygens (including phenoxy) is 2. The van der Waals surface area contributed by atoms with Gasteiger partial charge < -0.3 is 28.9 Å². The molecule has 2 fully saturated rings. The van der Waals surface area contributed by atoms with Crippen molar-refractivity contribution in [3.63, 3.8) is 0 Å². The number of rotatable bonds is 12. The molecule has 1 N–H and O–H groups in total. The largest absolute Gasteiger partial charge is 0.741 e. The first-order chi connectivity index (χ1) is 29.1. The molecule has 4 aromatic rings. The number of thioether (sulfide) groups is 1. The predicted molar refractivity (Wildman–Crippen MR) is 211 cm³/mol. The fraction of sp³-hybridized carbons (Fsp3) is 0.405. The molecule has 2 aromatic carbocycles. The molecule has 3 aliphatic rings. The van der Waals surface area contributed by atoms with Crippen molar-refractivity contribution in [1.29, 1.82) is 0 Å². The second kappa shape index (κ2) is 18.0. The summed E-state index contributed by atoms with van der Waals surface area (Å²) in [6.45, 7) is 4.42. The van der Waals surface area contributed by atoms with Crippen LogP contribution < -0.4 is 4.57 Å². The van der Waals surface area contributed by atoms with E-state index in [1.807, 2.05) is 30.1 Å². The van der Waals surface area contributed by atoms with Crippen LogP contribution in [0.15, 0.2) is 71.8 Å². The molecule has 5 heterocycles. The third-order valence-electron chi connectivity index (χ3n) is 10.6. The molecule has 5 atom stereocenters. The van der Waals surface area contributed by atoms with Crippen molar-refractivity contribution < 1.29 is 69.5 Å². The van der Waals surface area contributed by atoms with Gasteiger partial charge in [-0.3, -0.25) is 25.0 Å². The van der Waals surface area contributed by atoms with Gasteiger partial charge in [0, 0.05) is 42.3 Å². The van der Waals surface area contributed by atoms with Crippen molar-refractivity contribution in [1.82, 2.24) is 14.2 Å². The van der Waals surface area contributed by atoms with E-state index >= 15 is 0 Å². The molecule has 0 radical (unpaired) electrons. The second-order valence-electron chi connectivity index (χ2n) is 14.5. The standard InChI is InChI=1S/C36H37N6O10S2.CHF3O3S/c1-20-28(31(40-30(20)29(21(2)43)32(40)44)35(45)51-17-22-6-10-24(11-7-22)41(47)48)27-16-38-19-37(33(53-3)34(38)54-27)15-26-5-4-14-39(26)36(46)52-18-23-8-12-25(13-9-23)42(49)50;2-1(3,4)8(5,6)7/h6-13,16,19-21,26,29-30,43H,4-5,14-15,17-18H2,1-3H3;(H,5,6,7)/q+1;/p-1/t20-,21+,26+,29+,30+;/m0./s1. The molecule has 0 bridgehead atoms. The highest BCUT2D eigenvalue weighted by molar-refractivity contribution is 7.98. The number of nitro benzene ring substituents is 2. The highest BCUT2D eigenvalue weighted by Crippen LogP contribution is 2.52. The third kappa shape index (κ3) is 9.25. The summed E-state index contributed by atoms with van der Waals surface area (Å²) in [7, 11) is -6.09. The normalized spacial score (nSPS) is 20.4. The maximum absolute atomic E-state index is 13.8. The molecule has 62 heavy (non-hydrogen) atoms. The zero-order chi connectivity index (χ0) is 45.4. The Labute approximate surface area is 358 Å².